The number of fused-ring (bicyclic) bond motifs is 2. The van der Waals surface area contributed by atoms with Crippen molar-refractivity contribution < 1.29 is 10.2 Å². The van der Waals surface area contributed by atoms with Gasteiger partial charge >= 0.3 is 0 Å². The van der Waals surface area contributed by atoms with Crippen molar-refractivity contribution in [1.82, 2.24) is 0 Å². The number of aliphatic hydroxyl groups excluding tert-OH is 2. The normalized spacial score (nSPS) is 56.2. The van der Waals surface area contributed by atoms with Crippen LogP contribution in [0.3, 0.4) is 0 Å². The van der Waals surface area contributed by atoms with Gasteiger partial charge in [-0.3, -0.25) is 0 Å². The molecule has 0 aromatic rings. The van der Waals surface area contributed by atoms with Gasteiger partial charge in [-0.1, -0.05) is 24.3 Å². The van der Waals surface area contributed by atoms with E-state index in [1.807, 2.05) is 6.08 Å². The molecule has 0 spiro atoms. The first-order valence-electron chi connectivity index (χ1n) is 4.98. The molecular formula is C11H14O2. The number of allylic oxidation sites excluding steroid dienone is 2. The lowest BCUT2D eigenvalue weighted by Crippen LogP contribution is -2.30. The third-order valence-electron chi connectivity index (χ3n) is 3.87. The molecule has 70 valence electrons. The summed E-state index contributed by atoms with van der Waals surface area (Å²) in [5.74, 6) is 2.28. The number of hydrogen-bond acceptors (Lipinski definition) is 2. The molecule has 2 nitrogen and oxygen atoms in total. The zero-order valence-electron chi connectivity index (χ0n) is 7.38. The first-order valence-corrected chi connectivity index (χ1v) is 4.98. The zero-order chi connectivity index (χ0) is 9.00. The molecule has 0 amide bonds. The van der Waals surface area contributed by atoms with E-state index in [-0.39, 0.29) is 24.5 Å². The summed E-state index contributed by atoms with van der Waals surface area (Å²) in [6.45, 7) is 0.214. The Balaban J connectivity index is 2.00. The van der Waals surface area contributed by atoms with E-state index in [0.717, 1.165) is 0 Å². The fourth-order valence-electron chi connectivity index (χ4n) is 3.11. The fourth-order valence-corrected chi connectivity index (χ4v) is 3.11. The Hall–Kier alpha value is -0.600. The summed E-state index contributed by atoms with van der Waals surface area (Å²) in [6, 6.07) is 0. The van der Waals surface area contributed by atoms with Crippen LogP contribution in [0.25, 0.3) is 0 Å². The second kappa shape index (κ2) is 2.46. The molecule has 13 heavy (non-hydrogen) atoms. The Bertz CT molecular complexity index is 278. The monoisotopic (exact) mass is 178 g/mol. The van der Waals surface area contributed by atoms with E-state index < -0.39 is 0 Å². The molecule has 3 aliphatic carbocycles. The van der Waals surface area contributed by atoms with Gasteiger partial charge in [0.1, 0.15) is 0 Å². The van der Waals surface area contributed by atoms with E-state index >= 15 is 0 Å². The Morgan fingerprint density at radius 2 is 1.54 bits per heavy atom. The Morgan fingerprint density at radius 1 is 0.923 bits per heavy atom. The van der Waals surface area contributed by atoms with Gasteiger partial charge in [0.2, 0.25) is 0 Å². The van der Waals surface area contributed by atoms with Gasteiger partial charge in [-0.2, -0.15) is 0 Å². The molecule has 0 aromatic carbocycles. The third-order valence-corrected chi connectivity index (χ3v) is 3.87. The summed E-state index contributed by atoms with van der Waals surface area (Å²) in [5.41, 5.74) is 0. The second-order valence-corrected chi connectivity index (χ2v) is 4.42. The molecular weight excluding hydrogens is 164 g/mol. The lowest BCUT2D eigenvalue weighted by molar-refractivity contribution is 0.0885. The Kier molecular flexibility index (Phi) is 1.47. The van der Waals surface area contributed by atoms with E-state index in [1.54, 1.807) is 0 Å². The van der Waals surface area contributed by atoms with Crippen LogP contribution >= 0.6 is 0 Å². The SMILES string of the molecule is OC[C@H]1[C@H]2C=C[C@H]3[C@@H](C=C[C@H]2O)[C@H]31. The van der Waals surface area contributed by atoms with Crippen molar-refractivity contribution in [2.24, 2.45) is 29.6 Å². The smallest absolute Gasteiger partial charge is 0.0787 e. The van der Waals surface area contributed by atoms with Gasteiger partial charge in [0.05, 0.1) is 6.10 Å². The summed E-state index contributed by atoms with van der Waals surface area (Å²) in [4.78, 5) is 0. The van der Waals surface area contributed by atoms with E-state index in [1.165, 1.54) is 0 Å². The summed E-state index contributed by atoms with van der Waals surface area (Å²) in [5, 5.41) is 19.0. The van der Waals surface area contributed by atoms with Crippen LogP contribution in [0.1, 0.15) is 0 Å². The molecule has 2 bridgehead atoms. The van der Waals surface area contributed by atoms with Crippen molar-refractivity contribution in [2.45, 2.75) is 6.10 Å². The van der Waals surface area contributed by atoms with Gasteiger partial charge in [-0.15, -0.1) is 0 Å². The molecule has 1 saturated carbocycles. The van der Waals surface area contributed by atoms with Crippen LogP contribution in [0, 0.1) is 29.6 Å². The minimum Gasteiger partial charge on any atom is -0.396 e. The maximum absolute atomic E-state index is 9.76. The average Bonchev–Trinajstić information content (AvgIpc) is 2.84. The van der Waals surface area contributed by atoms with Gasteiger partial charge in [-0.25, -0.2) is 0 Å². The third kappa shape index (κ3) is 0.903. The first-order chi connectivity index (χ1) is 6.33. The average molecular weight is 178 g/mol. The maximum Gasteiger partial charge on any atom is 0.0787 e. The van der Waals surface area contributed by atoms with Crippen LogP contribution < -0.4 is 0 Å². The minimum absolute atomic E-state index is 0.148. The molecule has 0 aliphatic heterocycles. The summed E-state index contributed by atoms with van der Waals surface area (Å²) in [6.07, 6.45) is 7.96. The lowest BCUT2D eigenvalue weighted by atomic mass is 9.81. The van der Waals surface area contributed by atoms with E-state index in [0.29, 0.717) is 17.8 Å². The fraction of sp³-hybridized carbons (Fsp3) is 0.636. The van der Waals surface area contributed by atoms with Crippen LogP contribution in [-0.2, 0) is 0 Å². The molecule has 2 N–H and O–H groups in total. The highest BCUT2D eigenvalue weighted by Gasteiger charge is 2.56. The quantitative estimate of drug-likeness (QED) is 0.576. The highest BCUT2D eigenvalue weighted by molar-refractivity contribution is 5.27. The van der Waals surface area contributed by atoms with Crippen molar-refractivity contribution in [3.8, 4) is 0 Å². The second-order valence-electron chi connectivity index (χ2n) is 4.42. The van der Waals surface area contributed by atoms with Gasteiger partial charge in [0.25, 0.3) is 0 Å². The largest absolute Gasteiger partial charge is 0.396 e. The van der Waals surface area contributed by atoms with Crippen molar-refractivity contribution in [2.75, 3.05) is 6.61 Å². The molecule has 0 heterocycles. The molecule has 1 fully saturated rings. The van der Waals surface area contributed by atoms with Gasteiger partial charge in [0.15, 0.2) is 0 Å². The van der Waals surface area contributed by atoms with Crippen LogP contribution in [0.4, 0.5) is 0 Å². The summed E-state index contributed by atoms with van der Waals surface area (Å²) in [7, 11) is 0. The zero-order valence-corrected chi connectivity index (χ0v) is 7.38. The number of rotatable bonds is 1. The number of aliphatic hydroxyl groups is 2. The van der Waals surface area contributed by atoms with Crippen molar-refractivity contribution in [1.29, 1.82) is 0 Å². The molecule has 0 unspecified atom stereocenters. The van der Waals surface area contributed by atoms with E-state index in [9.17, 15) is 10.2 Å². The van der Waals surface area contributed by atoms with E-state index in [2.05, 4.69) is 18.2 Å². The molecule has 0 aromatic heterocycles. The predicted octanol–water partition coefficient (Wildman–Crippen LogP) is 0.574. The highest BCUT2D eigenvalue weighted by Crippen LogP contribution is 2.59. The molecule has 2 heteroatoms. The molecule has 3 aliphatic rings. The van der Waals surface area contributed by atoms with Gasteiger partial charge in [0, 0.05) is 12.5 Å². The van der Waals surface area contributed by atoms with Crippen molar-refractivity contribution >= 4 is 0 Å². The first kappa shape index (κ1) is 7.77. The number of hydrogen-bond donors (Lipinski definition) is 2. The summed E-state index contributed by atoms with van der Waals surface area (Å²) >= 11 is 0. The summed E-state index contributed by atoms with van der Waals surface area (Å²) < 4.78 is 0. The highest BCUT2D eigenvalue weighted by atomic mass is 16.3. The van der Waals surface area contributed by atoms with Crippen molar-refractivity contribution in [3.05, 3.63) is 24.3 Å². The van der Waals surface area contributed by atoms with Crippen LogP contribution in [0.2, 0.25) is 0 Å². The Labute approximate surface area is 77.6 Å². The van der Waals surface area contributed by atoms with Crippen LogP contribution in [-0.4, -0.2) is 22.9 Å². The van der Waals surface area contributed by atoms with Gasteiger partial charge < -0.3 is 10.2 Å². The molecule has 0 radical (unpaired) electrons. The molecule has 3 rings (SSSR count). The molecule has 0 saturated heterocycles. The van der Waals surface area contributed by atoms with Crippen LogP contribution in [0.5, 0.6) is 0 Å². The van der Waals surface area contributed by atoms with E-state index in [4.69, 9.17) is 0 Å². The van der Waals surface area contributed by atoms with Crippen LogP contribution in [0.15, 0.2) is 24.3 Å². The Morgan fingerprint density at radius 3 is 2.23 bits per heavy atom. The standard InChI is InChI=1S/C11H14O2/c12-5-9-6-1-2-7-8(11(7)9)3-4-10(6)13/h1-4,6-13H,5H2/t6-,7+,8-,9+,10-,11+/m1/s1. The van der Waals surface area contributed by atoms with Gasteiger partial charge in [-0.05, 0) is 23.7 Å². The predicted molar refractivity (Wildman–Crippen MR) is 48.8 cm³/mol. The maximum atomic E-state index is 9.76. The molecule has 6 atom stereocenters. The lowest BCUT2D eigenvalue weighted by Gasteiger charge is -2.27. The topological polar surface area (TPSA) is 40.5 Å². The van der Waals surface area contributed by atoms with Crippen molar-refractivity contribution in [3.63, 3.8) is 0 Å². The minimum atomic E-state index is -0.387.